The molecule has 0 rings (SSSR count). The van der Waals surface area contributed by atoms with Crippen LogP contribution in [-0.4, -0.2) is 0 Å². The zero-order valence-electron chi connectivity index (χ0n) is 3.96. The second-order valence-corrected chi connectivity index (χ2v) is 1.34. The molecule has 0 saturated carbocycles. The van der Waals surface area contributed by atoms with Gasteiger partial charge in [-0.15, -0.1) is 0 Å². The van der Waals surface area contributed by atoms with Gasteiger partial charge >= 0.3 is 72.8 Å². The number of phosphoric acid groups is 1. The van der Waals surface area contributed by atoms with Crippen molar-refractivity contribution in [3.63, 3.8) is 0 Å². The molecule has 0 fully saturated rings. The Kier molecular flexibility index (Phi) is 26.7. The zero-order chi connectivity index (χ0) is 4.50. The first kappa shape index (κ1) is 22.4. The fraction of sp³-hybridized carbons (Fsp3) is 0. The Hall–Kier alpha value is 2.51. The summed E-state index contributed by atoms with van der Waals surface area (Å²) in [5, 5.41) is 0. The van der Waals surface area contributed by atoms with Crippen molar-refractivity contribution in [1.29, 1.82) is 0 Å². The molecule has 0 aliphatic heterocycles. The van der Waals surface area contributed by atoms with Crippen LogP contribution in [0.2, 0.25) is 0 Å². The molecule has 0 amide bonds. The number of hydrogen-bond acceptors (Lipinski definition) is 4. The van der Waals surface area contributed by atoms with E-state index in [2.05, 4.69) is 0 Å². The van der Waals surface area contributed by atoms with Gasteiger partial charge in [0.2, 0.25) is 0 Å². The van der Waals surface area contributed by atoms with Crippen LogP contribution in [0.15, 0.2) is 0 Å². The summed E-state index contributed by atoms with van der Waals surface area (Å²) in [6, 6.07) is 0. The van der Waals surface area contributed by atoms with E-state index < -0.39 is 7.82 Å². The molecule has 0 bridgehead atoms. The Morgan fingerprint density at radius 3 is 1.12 bits per heavy atom. The van der Waals surface area contributed by atoms with E-state index >= 15 is 0 Å². The number of rotatable bonds is 0. The fourth-order valence-corrected chi connectivity index (χ4v) is 0. The summed E-state index contributed by atoms with van der Waals surface area (Å²) in [4.78, 5) is 25.6. The molecule has 0 aliphatic carbocycles. The first-order valence-corrected chi connectivity index (χ1v) is 2.19. The summed E-state index contributed by atoms with van der Waals surface area (Å²) < 4.78 is 8.55. The Bertz CT molecular complexity index is 62.2. The van der Waals surface area contributed by atoms with E-state index in [9.17, 15) is 0 Å². The molecule has 0 atom stereocenters. The molecule has 0 aromatic heterocycles. The van der Waals surface area contributed by atoms with Gasteiger partial charge in [-0.1, -0.05) is 0 Å². The van der Waals surface area contributed by atoms with Gasteiger partial charge in [-0.05, 0) is 0 Å². The summed E-state index contributed by atoms with van der Waals surface area (Å²) in [7, 11) is -5.39. The zero-order valence-corrected chi connectivity index (χ0v) is 10.5. The Morgan fingerprint density at radius 1 is 1.12 bits per heavy atom. The van der Waals surface area contributed by atoms with Crippen molar-refractivity contribution in [2.75, 3.05) is 0 Å². The van der Waals surface area contributed by atoms with Crippen molar-refractivity contribution in [2.45, 2.75) is 0 Å². The van der Waals surface area contributed by atoms with E-state index in [1.807, 2.05) is 0 Å². The van der Waals surface area contributed by atoms with Gasteiger partial charge in [-0.3, -0.25) is 0 Å². The van der Waals surface area contributed by atoms with E-state index in [1.165, 1.54) is 0 Å². The van der Waals surface area contributed by atoms with Crippen LogP contribution >= 0.6 is 7.82 Å². The minimum absolute atomic E-state index is 0. The second kappa shape index (κ2) is 9.51. The van der Waals surface area contributed by atoms with Crippen LogP contribution in [-0.2, 0) is 47.8 Å². The van der Waals surface area contributed by atoms with Gasteiger partial charge in [0, 0.05) is 0 Å². The normalized spacial score (nSPS) is 7.38. The predicted octanol–water partition coefficient (Wildman–Crippen LogP) is -5.83. The third kappa shape index (κ3) is 76.1. The fourth-order valence-electron chi connectivity index (χ4n) is 0. The molecular formula is MnNaO4PZr+4. The predicted molar refractivity (Wildman–Crippen MR) is 7.61 cm³/mol. The van der Waals surface area contributed by atoms with Crippen molar-refractivity contribution in [3.05, 3.63) is 0 Å². The summed E-state index contributed by atoms with van der Waals surface area (Å²) in [6.45, 7) is 0. The maximum absolute atomic E-state index is 8.55. The quantitative estimate of drug-likeness (QED) is 0.322. The molecule has 0 spiro atoms. The van der Waals surface area contributed by atoms with Gasteiger partial charge in [0.25, 0.3) is 0 Å². The van der Waals surface area contributed by atoms with Crippen LogP contribution in [0.1, 0.15) is 0 Å². The van der Waals surface area contributed by atoms with Crippen molar-refractivity contribution in [3.8, 4) is 0 Å². The van der Waals surface area contributed by atoms with Crippen molar-refractivity contribution < 1.29 is 92.1 Å². The van der Waals surface area contributed by atoms with Gasteiger partial charge in [0.15, 0.2) is 0 Å². The molecule has 8 heavy (non-hydrogen) atoms. The van der Waals surface area contributed by atoms with Gasteiger partial charge in [-0.2, -0.15) is 7.82 Å². The minimum Gasteiger partial charge on any atom is -0.822 e. The van der Waals surface area contributed by atoms with E-state index in [0.29, 0.717) is 0 Å². The molecule has 0 aromatic rings. The van der Waals surface area contributed by atoms with Crippen molar-refractivity contribution in [2.24, 2.45) is 0 Å². The maximum atomic E-state index is 8.55. The van der Waals surface area contributed by atoms with E-state index in [0.717, 1.165) is 0 Å². The molecular weight excluding hydrogens is 264 g/mol. The molecule has 4 nitrogen and oxygen atoms in total. The molecule has 0 unspecified atom stereocenters. The average molecular weight is 264 g/mol. The molecule has 0 N–H and O–H groups in total. The van der Waals surface area contributed by atoms with Crippen LogP contribution in [0, 0.1) is 0 Å². The Labute approximate surface area is 98.6 Å². The third-order valence-electron chi connectivity index (χ3n) is 0. The molecule has 0 aliphatic rings. The van der Waals surface area contributed by atoms with Crippen molar-refractivity contribution in [1.82, 2.24) is 0 Å². The molecule has 37 valence electrons. The topological polar surface area (TPSA) is 86.2 Å². The first-order chi connectivity index (χ1) is 2.00. The van der Waals surface area contributed by atoms with Crippen molar-refractivity contribution >= 4 is 7.82 Å². The summed E-state index contributed by atoms with van der Waals surface area (Å²) >= 11 is 0. The Morgan fingerprint density at radius 2 is 1.12 bits per heavy atom. The molecule has 0 heterocycles. The largest absolute Gasteiger partial charge is 4.00 e. The summed E-state index contributed by atoms with van der Waals surface area (Å²) in [5.74, 6) is 0. The smallest absolute Gasteiger partial charge is 0.822 e. The SMILES string of the molecule is O=P([O-])([O-])[O-].[Mn+2].[Na+].[Zr+4]. The maximum Gasteiger partial charge on any atom is 4.00 e. The van der Waals surface area contributed by atoms with Crippen LogP contribution in [0.4, 0.5) is 0 Å². The first-order valence-electron chi connectivity index (χ1n) is 0.730. The monoisotopic (exact) mass is 263 g/mol. The van der Waals surface area contributed by atoms with E-state index in [4.69, 9.17) is 19.2 Å². The van der Waals surface area contributed by atoms with Crippen LogP contribution in [0.3, 0.4) is 0 Å². The second-order valence-electron chi connectivity index (χ2n) is 0.447. The number of hydrogen-bond donors (Lipinski definition) is 0. The van der Waals surface area contributed by atoms with E-state index in [1.54, 1.807) is 0 Å². The minimum atomic E-state index is -5.39. The van der Waals surface area contributed by atoms with Crippen LogP contribution in [0.5, 0.6) is 0 Å². The van der Waals surface area contributed by atoms with E-state index in [-0.39, 0.29) is 72.8 Å². The van der Waals surface area contributed by atoms with Crippen LogP contribution in [0.25, 0.3) is 0 Å². The van der Waals surface area contributed by atoms with Gasteiger partial charge < -0.3 is 19.2 Å². The van der Waals surface area contributed by atoms with Crippen LogP contribution < -0.4 is 44.2 Å². The average Bonchev–Trinajstić information content (AvgIpc) is 0.722. The molecule has 0 saturated heterocycles. The summed E-state index contributed by atoms with van der Waals surface area (Å²) in [6.07, 6.45) is 0. The summed E-state index contributed by atoms with van der Waals surface area (Å²) in [5.41, 5.74) is 0. The Balaban J connectivity index is -0.0000000267. The standard InChI is InChI=1S/Mn.Na.H3O4P.Zr/c;;1-5(2,3)4;/h;;(H3,1,2,3,4);/q+2;+1;;+4/p-3. The molecule has 0 aromatic carbocycles. The molecule has 1 radical (unpaired) electrons. The van der Waals surface area contributed by atoms with Gasteiger partial charge in [0.05, 0.1) is 0 Å². The third-order valence-corrected chi connectivity index (χ3v) is 0. The van der Waals surface area contributed by atoms with Gasteiger partial charge in [-0.25, -0.2) is 0 Å². The van der Waals surface area contributed by atoms with Gasteiger partial charge in [0.1, 0.15) is 0 Å². The molecule has 8 heteroatoms.